The number of ketones is 3. The zero-order valence-corrected chi connectivity index (χ0v) is 14.6. The Bertz CT molecular complexity index is 1040. The third-order valence-corrected chi connectivity index (χ3v) is 3.81. The van der Waals surface area contributed by atoms with Crippen molar-refractivity contribution in [3.8, 4) is 0 Å². The van der Waals surface area contributed by atoms with E-state index in [9.17, 15) is 19.2 Å². The average Bonchev–Trinajstić information content (AvgIpc) is 3.28. The van der Waals surface area contributed by atoms with Crippen molar-refractivity contribution in [2.45, 2.75) is 0 Å². The molecule has 28 heavy (non-hydrogen) atoms. The Morgan fingerprint density at radius 1 is 0.714 bits per heavy atom. The normalized spacial score (nSPS) is 10.9. The number of Topliss-reactive ketones (excluding diaryl/α,β-unsaturated/α-hetero) is 2. The van der Waals surface area contributed by atoms with Crippen LogP contribution in [0.3, 0.4) is 0 Å². The molecule has 1 aromatic heterocycles. The lowest BCUT2D eigenvalue weighted by Crippen LogP contribution is -2.33. The number of carbonyl (C=O) groups excluding carboxylic acids is 4. The van der Waals surface area contributed by atoms with Gasteiger partial charge in [-0.05, 0) is 12.1 Å². The van der Waals surface area contributed by atoms with E-state index in [0.717, 1.165) is 6.08 Å². The first-order chi connectivity index (χ1) is 13.6. The van der Waals surface area contributed by atoms with Gasteiger partial charge in [-0.3, -0.25) is 19.2 Å². The molecule has 0 atom stereocenters. The molecule has 1 heterocycles. The molecule has 0 saturated carbocycles. The van der Waals surface area contributed by atoms with Crippen LogP contribution in [0.25, 0.3) is 0 Å². The quantitative estimate of drug-likeness (QED) is 0.390. The van der Waals surface area contributed by atoms with Crippen molar-refractivity contribution in [2.24, 2.45) is 0 Å². The van der Waals surface area contributed by atoms with E-state index in [-0.39, 0.29) is 17.0 Å². The van der Waals surface area contributed by atoms with E-state index in [2.05, 4.69) is 5.32 Å². The number of carbonyl (C=O) groups is 4. The number of furan rings is 1. The molecule has 6 heteroatoms. The van der Waals surface area contributed by atoms with Crippen molar-refractivity contribution in [2.75, 3.05) is 0 Å². The molecule has 2 aromatic carbocycles. The van der Waals surface area contributed by atoms with Gasteiger partial charge >= 0.3 is 0 Å². The topological polar surface area (TPSA) is 93.5 Å². The maximum atomic E-state index is 12.8. The second kappa shape index (κ2) is 8.55. The van der Waals surface area contributed by atoms with Crippen LogP contribution in [0.5, 0.6) is 0 Å². The number of nitrogens with one attached hydrogen (secondary N) is 1. The summed E-state index contributed by atoms with van der Waals surface area (Å²) in [7, 11) is 0. The van der Waals surface area contributed by atoms with Crippen LogP contribution in [0, 0.1) is 0 Å². The van der Waals surface area contributed by atoms with Crippen molar-refractivity contribution < 1.29 is 23.6 Å². The molecule has 0 aliphatic heterocycles. The van der Waals surface area contributed by atoms with Gasteiger partial charge in [0.15, 0.2) is 11.5 Å². The molecule has 0 radical (unpaired) electrons. The van der Waals surface area contributed by atoms with Gasteiger partial charge in [0.05, 0.1) is 12.0 Å². The first-order valence-electron chi connectivity index (χ1n) is 8.36. The Labute approximate surface area is 160 Å². The number of hydrogen-bond donors (Lipinski definition) is 1. The lowest BCUT2D eigenvalue weighted by Gasteiger charge is -2.08. The minimum atomic E-state index is -1.08. The van der Waals surface area contributed by atoms with Crippen molar-refractivity contribution in [3.05, 3.63) is 108 Å². The largest absolute Gasteiger partial charge is 0.461 e. The number of rotatable bonds is 7. The van der Waals surface area contributed by atoms with Gasteiger partial charge in [0.25, 0.3) is 11.7 Å². The summed E-state index contributed by atoms with van der Waals surface area (Å²) < 4.78 is 4.91. The molecule has 6 nitrogen and oxygen atoms in total. The smallest absolute Gasteiger partial charge is 0.300 e. The van der Waals surface area contributed by atoms with Crippen LogP contribution >= 0.6 is 0 Å². The van der Waals surface area contributed by atoms with Crippen LogP contribution in [0.1, 0.15) is 31.3 Å². The predicted molar refractivity (Wildman–Crippen MR) is 101 cm³/mol. The highest BCUT2D eigenvalue weighted by Gasteiger charge is 2.23. The maximum Gasteiger partial charge on any atom is 0.300 e. The Kier molecular flexibility index (Phi) is 5.72. The van der Waals surface area contributed by atoms with E-state index in [4.69, 9.17) is 4.42 Å². The van der Waals surface area contributed by atoms with Crippen LogP contribution in [-0.2, 0) is 4.79 Å². The van der Waals surface area contributed by atoms with Gasteiger partial charge in [-0.1, -0.05) is 60.7 Å². The zero-order chi connectivity index (χ0) is 19.9. The molecular formula is C22H15NO5. The first-order valence-corrected chi connectivity index (χ1v) is 8.36. The van der Waals surface area contributed by atoms with E-state index < -0.39 is 23.3 Å². The molecule has 0 spiro atoms. The molecule has 3 rings (SSSR count). The molecule has 0 bridgehead atoms. The molecule has 3 aromatic rings. The van der Waals surface area contributed by atoms with Gasteiger partial charge in [-0.15, -0.1) is 0 Å². The van der Waals surface area contributed by atoms with Crippen molar-refractivity contribution in [3.63, 3.8) is 0 Å². The van der Waals surface area contributed by atoms with E-state index in [0.29, 0.717) is 5.56 Å². The Morgan fingerprint density at radius 3 is 1.89 bits per heavy atom. The fraction of sp³-hybridized carbons (Fsp3) is 0. The third kappa shape index (κ3) is 4.37. The molecule has 0 aliphatic carbocycles. The molecule has 0 fully saturated rings. The number of hydrogen-bond acceptors (Lipinski definition) is 5. The molecule has 1 amide bonds. The molecular weight excluding hydrogens is 358 g/mol. The summed E-state index contributed by atoms with van der Waals surface area (Å²) in [6, 6.07) is 19.2. The molecule has 138 valence electrons. The van der Waals surface area contributed by atoms with Crippen molar-refractivity contribution in [1.29, 1.82) is 0 Å². The van der Waals surface area contributed by atoms with Gasteiger partial charge in [0.2, 0.25) is 5.78 Å². The van der Waals surface area contributed by atoms with Gasteiger partial charge in [-0.25, -0.2) is 0 Å². The lowest BCUT2D eigenvalue weighted by atomic mass is 10.0. The van der Waals surface area contributed by atoms with Crippen LogP contribution < -0.4 is 5.32 Å². The second-order valence-corrected chi connectivity index (χ2v) is 5.74. The molecule has 0 saturated heterocycles. The van der Waals surface area contributed by atoms with E-state index in [1.54, 1.807) is 60.7 Å². The standard InChI is InChI=1S/C22H15NO5/c24-18(15-8-3-1-4-9-15)14-17(20(25)16-10-5-2-6-11-16)23-22(27)21(26)19-12-7-13-28-19/h1-14H,(H,23,27)/b17-14-. The fourth-order valence-corrected chi connectivity index (χ4v) is 2.42. The monoisotopic (exact) mass is 373 g/mol. The number of amides is 1. The van der Waals surface area contributed by atoms with Crippen LogP contribution in [0.15, 0.2) is 95.2 Å². The Morgan fingerprint density at radius 2 is 1.32 bits per heavy atom. The summed E-state index contributed by atoms with van der Waals surface area (Å²) >= 11 is 0. The third-order valence-electron chi connectivity index (χ3n) is 3.81. The van der Waals surface area contributed by atoms with Crippen molar-refractivity contribution in [1.82, 2.24) is 5.32 Å². The highest BCUT2D eigenvalue weighted by molar-refractivity contribution is 6.43. The van der Waals surface area contributed by atoms with E-state index in [1.165, 1.54) is 18.4 Å². The summed E-state index contributed by atoms with van der Waals surface area (Å²) in [5, 5.41) is 2.25. The lowest BCUT2D eigenvalue weighted by molar-refractivity contribution is -0.116. The zero-order valence-electron chi connectivity index (χ0n) is 14.6. The summed E-state index contributed by atoms with van der Waals surface area (Å²) in [4.78, 5) is 49.7. The summed E-state index contributed by atoms with van der Waals surface area (Å²) in [5.74, 6) is -3.27. The Hall–Kier alpha value is -4.06. The van der Waals surface area contributed by atoms with Crippen LogP contribution in [0.4, 0.5) is 0 Å². The molecule has 1 N–H and O–H groups in total. The van der Waals surface area contributed by atoms with Gasteiger partial charge in [-0.2, -0.15) is 0 Å². The molecule has 0 aliphatic rings. The average molecular weight is 373 g/mol. The number of allylic oxidation sites excluding steroid dienone is 2. The summed E-state index contributed by atoms with van der Waals surface area (Å²) in [5.41, 5.74) is 0.304. The maximum absolute atomic E-state index is 12.8. The van der Waals surface area contributed by atoms with Gasteiger partial charge in [0, 0.05) is 17.2 Å². The molecule has 0 unspecified atom stereocenters. The van der Waals surface area contributed by atoms with E-state index >= 15 is 0 Å². The van der Waals surface area contributed by atoms with Gasteiger partial charge in [0.1, 0.15) is 0 Å². The highest BCUT2D eigenvalue weighted by atomic mass is 16.3. The second-order valence-electron chi connectivity index (χ2n) is 5.74. The minimum Gasteiger partial charge on any atom is -0.461 e. The van der Waals surface area contributed by atoms with Crippen LogP contribution in [-0.4, -0.2) is 23.3 Å². The summed E-state index contributed by atoms with van der Waals surface area (Å²) in [6.07, 6.45) is 2.27. The SMILES string of the molecule is O=C(N/C(=C\C(=O)c1ccccc1)C(=O)c1ccccc1)C(=O)c1ccco1. The van der Waals surface area contributed by atoms with Crippen LogP contribution in [0.2, 0.25) is 0 Å². The number of benzene rings is 2. The first kappa shape index (κ1) is 18.7. The van der Waals surface area contributed by atoms with Crippen molar-refractivity contribution >= 4 is 23.3 Å². The fourth-order valence-electron chi connectivity index (χ4n) is 2.42. The predicted octanol–water partition coefficient (Wildman–Crippen LogP) is 3.23. The van der Waals surface area contributed by atoms with E-state index in [1.807, 2.05) is 0 Å². The van der Waals surface area contributed by atoms with Gasteiger partial charge < -0.3 is 9.73 Å². The summed E-state index contributed by atoms with van der Waals surface area (Å²) in [6.45, 7) is 0. The minimum absolute atomic E-state index is 0.168. The Balaban J connectivity index is 1.91. The highest BCUT2D eigenvalue weighted by Crippen LogP contribution is 2.10.